The van der Waals surface area contributed by atoms with E-state index < -0.39 is 0 Å². The second-order valence-corrected chi connectivity index (χ2v) is 9.43. The van der Waals surface area contributed by atoms with Crippen molar-refractivity contribution < 1.29 is 4.79 Å². The number of carbonyl (C=O) groups is 1. The van der Waals surface area contributed by atoms with Crippen LogP contribution in [0.5, 0.6) is 0 Å². The summed E-state index contributed by atoms with van der Waals surface area (Å²) in [6, 6.07) is 23.4. The van der Waals surface area contributed by atoms with Gasteiger partial charge in [0.2, 0.25) is 5.96 Å². The number of piperazine rings is 1. The molecule has 0 saturated carbocycles. The first kappa shape index (κ1) is 24.1. The largest absolute Gasteiger partial charge is 0.335 e. The standard InChI is InChI=1S/C29H29N7O/c1-20(2)27-18-35(29(37)34-25-13-5-9-21-8-3-4-10-22(21)25)16-17-36(27)28(32-19-30)33-26-14-6-12-24-23(26)11-7-15-31-24/h3-15,20,27H,16-18H2,1-2H3,(H,32,33)(H,34,37). The Kier molecular flexibility index (Phi) is 6.86. The minimum Gasteiger partial charge on any atom is -0.335 e. The van der Waals surface area contributed by atoms with Crippen molar-refractivity contribution in [2.24, 2.45) is 10.9 Å². The molecule has 0 bridgehead atoms. The van der Waals surface area contributed by atoms with Crippen molar-refractivity contribution in [2.45, 2.75) is 19.9 Å². The molecule has 2 heterocycles. The van der Waals surface area contributed by atoms with E-state index in [2.05, 4.69) is 34.4 Å². The molecule has 1 unspecified atom stereocenters. The molecular weight excluding hydrogens is 462 g/mol. The monoisotopic (exact) mass is 491 g/mol. The molecule has 1 saturated heterocycles. The molecular formula is C29H29N7O. The number of aliphatic imine (C=N–C) groups is 1. The number of nitrogens with one attached hydrogen (secondary N) is 2. The van der Waals surface area contributed by atoms with Crippen LogP contribution in [0.15, 0.2) is 84.0 Å². The van der Waals surface area contributed by atoms with Gasteiger partial charge in [-0.2, -0.15) is 5.26 Å². The second kappa shape index (κ2) is 10.5. The van der Waals surface area contributed by atoms with Gasteiger partial charge in [0, 0.05) is 36.6 Å². The molecule has 1 aromatic heterocycles. The van der Waals surface area contributed by atoms with E-state index in [1.54, 1.807) is 6.20 Å². The Balaban J connectivity index is 1.39. The van der Waals surface area contributed by atoms with E-state index in [4.69, 9.17) is 4.99 Å². The maximum atomic E-state index is 13.3. The molecule has 1 aliphatic heterocycles. The molecule has 2 amide bonds. The van der Waals surface area contributed by atoms with Crippen LogP contribution in [0.3, 0.4) is 0 Å². The molecule has 3 aromatic carbocycles. The molecule has 8 heteroatoms. The highest BCUT2D eigenvalue weighted by Gasteiger charge is 2.33. The number of guanidine groups is 1. The summed E-state index contributed by atoms with van der Waals surface area (Å²) < 4.78 is 0. The second-order valence-electron chi connectivity index (χ2n) is 9.43. The zero-order valence-electron chi connectivity index (χ0n) is 20.9. The lowest BCUT2D eigenvalue weighted by atomic mass is 10.00. The van der Waals surface area contributed by atoms with E-state index in [9.17, 15) is 10.1 Å². The molecule has 1 aliphatic rings. The third-order valence-corrected chi connectivity index (χ3v) is 6.80. The molecule has 0 aliphatic carbocycles. The number of benzene rings is 3. The Morgan fingerprint density at radius 3 is 2.65 bits per heavy atom. The van der Waals surface area contributed by atoms with E-state index >= 15 is 0 Å². The van der Waals surface area contributed by atoms with Gasteiger partial charge < -0.3 is 15.1 Å². The number of carbonyl (C=O) groups excluding carboxylic acids is 1. The lowest BCUT2D eigenvalue weighted by Crippen LogP contribution is -2.60. The van der Waals surface area contributed by atoms with Crippen molar-refractivity contribution in [1.82, 2.24) is 20.1 Å². The smallest absolute Gasteiger partial charge is 0.321 e. The van der Waals surface area contributed by atoms with Gasteiger partial charge in [0.25, 0.3) is 0 Å². The summed E-state index contributed by atoms with van der Waals surface area (Å²) in [6.07, 6.45) is 3.80. The van der Waals surface area contributed by atoms with E-state index in [1.807, 2.05) is 83.9 Å². The van der Waals surface area contributed by atoms with Crippen LogP contribution in [0.1, 0.15) is 13.8 Å². The zero-order chi connectivity index (χ0) is 25.8. The van der Waals surface area contributed by atoms with E-state index in [0.29, 0.717) is 25.6 Å². The molecule has 5 rings (SSSR count). The van der Waals surface area contributed by atoms with Crippen molar-refractivity contribution in [3.05, 3.63) is 79.0 Å². The number of nitriles is 1. The third-order valence-electron chi connectivity index (χ3n) is 6.80. The van der Waals surface area contributed by atoms with Gasteiger partial charge in [-0.25, -0.2) is 9.79 Å². The molecule has 1 atom stereocenters. The van der Waals surface area contributed by atoms with Crippen molar-refractivity contribution in [1.29, 1.82) is 5.26 Å². The quantitative estimate of drug-likeness (QED) is 0.175. The fourth-order valence-electron chi connectivity index (χ4n) is 4.87. The maximum absolute atomic E-state index is 13.3. The van der Waals surface area contributed by atoms with Crippen LogP contribution in [0, 0.1) is 17.4 Å². The van der Waals surface area contributed by atoms with Gasteiger partial charge >= 0.3 is 6.03 Å². The highest BCUT2D eigenvalue weighted by Crippen LogP contribution is 2.27. The molecule has 37 heavy (non-hydrogen) atoms. The van der Waals surface area contributed by atoms with Gasteiger partial charge in [-0.15, -0.1) is 0 Å². The number of rotatable bonds is 3. The van der Waals surface area contributed by atoms with Crippen LogP contribution in [0.2, 0.25) is 0 Å². The van der Waals surface area contributed by atoms with Gasteiger partial charge in [0.1, 0.15) is 0 Å². The van der Waals surface area contributed by atoms with Crippen LogP contribution in [-0.2, 0) is 0 Å². The zero-order valence-corrected chi connectivity index (χ0v) is 20.9. The first-order chi connectivity index (χ1) is 18.0. The van der Waals surface area contributed by atoms with Crippen LogP contribution >= 0.6 is 0 Å². The summed E-state index contributed by atoms with van der Waals surface area (Å²) in [5.74, 6) is 0.694. The van der Waals surface area contributed by atoms with Gasteiger partial charge in [-0.1, -0.05) is 56.3 Å². The number of hydrogen-bond donors (Lipinski definition) is 2. The van der Waals surface area contributed by atoms with E-state index in [0.717, 1.165) is 33.1 Å². The Hall–Kier alpha value is -4.64. The summed E-state index contributed by atoms with van der Waals surface area (Å²) in [7, 11) is 0. The fraction of sp³-hybridized carbons (Fsp3) is 0.241. The summed E-state index contributed by atoms with van der Waals surface area (Å²) >= 11 is 0. The van der Waals surface area contributed by atoms with Crippen LogP contribution in [0.25, 0.3) is 21.7 Å². The number of anilines is 1. The van der Waals surface area contributed by atoms with Crippen molar-refractivity contribution in [2.75, 3.05) is 25.0 Å². The van der Waals surface area contributed by atoms with Gasteiger partial charge in [0.05, 0.1) is 22.9 Å². The van der Waals surface area contributed by atoms with Crippen molar-refractivity contribution in [3.8, 4) is 6.19 Å². The number of amides is 2. The number of urea groups is 1. The van der Waals surface area contributed by atoms with Crippen molar-refractivity contribution >= 4 is 45.0 Å². The van der Waals surface area contributed by atoms with E-state index in [-0.39, 0.29) is 18.0 Å². The fourth-order valence-corrected chi connectivity index (χ4v) is 4.87. The minimum absolute atomic E-state index is 0.0280. The third kappa shape index (κ3) is 5.02. The van der Waals surface area contributed by atoms with Crippen LogP contribution < -0.4 is 10.6 Å². The van der Waals surface area contributed by atoms with Crippen LogP contribution in [0.4, 0.5) is 16.2 Å². The molecule has 1 fully saturated rings. The predicted molar refractivity (Wildman–Crippen MR) is 147 cm³/mol. The number of aromatic nitrogens is 1. The lowest BCUT2D eigenvalue weighted by Gasteiger charge is -2.44. The van der Waals surface area contributed by atoms with Crippen molar-refractivity contribution in [3.63, 3.8) is 0 Å². The first-order valence-electron chi connectivity index (χ1n) is 12.4. The summed E-state index contributed by atoms with van der Waals surface area (Å²) in [5.41, 5.74) is 2.38. The van der Waals surface area contributed by atoms with Gasteiger partial charge in [-0.05, 0) is 41.6 Å². The number of hydrogen-bond acceptors (Lipinski definition) is 4. The molecule has 0 spiro atoms. The average molecular weight is 492 g/mol. The number of pyridine rings is 1. The molecule has 4 aromatic rings. The summed E-state index contributed by atoms with van der Waals surface area (Å²) in [6.45, 7) is 5.80. The lowest BCUT2D eigenvalue weighted by molar-refractivity contribution is 0.118. The molecule has 0 radical (unpaired) electrons. The highest BCUT2D eigenvalue weighted by molar-refractivity contribution is 6.01. The normalized spacial score (nSPS) is 16.2. The van der Waals surface area contributed by atoms with Crippen LogP contribution in [-0.4, -0.2) is 52.5 Å². The SMILES string of the molecule is CC(C)C1CN(C(=O)Nc2cccc3ccccc23)CCN1C(=Nc1cccc2ncccc12)NC#N. The predicted octanol–water partition coefficient (Wildman–Crippen LogP) is 5.32. The maximum Gasteiger partial charge on any atom is 0.321 e. The Morgan fingerprint density at radius 2 is 1.81 bits per heavy atom. The molecule has 2 N–H and O–H groups in total. The number of fused-ring (bicyclic) bond motifs is 2. The van der Waals surface area contributed by atoms with Gasteiger partial charge in [0.15, 0.2) is 6.19 Å². The summed E-state index contributed by atoms with van der Waals surface area (Å²) in [5, 5.41) is 18.4. The summed E-state index contributed by atoms with van der Waals surface area (Å²) in [4.78, 5) is 26.5. The minimum atomic E-state index is -0.131. The first-order valence-corrected chi connectivity index (χ1v) is 12.4. The Bertz CT molecular complexity index is 1500. The Morgan fingerprint density at radius 1 is 1.03 bits per heavy atom. The topological polar surface area (TPSA) is 96.7 Å². The molecule has 8 nitrogen and oxygen atoms in total. The Labute approximate surface area is 216 Å². The van der Waals surface area contributed by atoms with E-state index in [1.165, 1.54) is 0 Å². The highest BCUT2D eigenvalue weighted by atomic mass is 16.2. The average Bonchev–Trinajstić information content (AvgIpc) is 2.93. The number of nitrogens with zero attached hydrogens (tertiary/aromatic N) is 5. The van der Waals surface area contributed by atoms with Gasteiger partial charge in [-0.3, -0.25) is 10.3 Å². The molecule has 186 valence electrons.